The zero-order valence-electron chi connectivity index (χ0n) is 9.28. The SMILES string of the molecule is CCNC(=O)C(C)NC(C)c1cscn1. The maximum Gasteiger partial charge on any atom is 0.236 e. The fourth-order valence-corrected chi connectivity index (χ4v) is 1.95. The summed E-state index contributed by atoms with van der Waals surface area (Å²) < 4.78 is 0. The molecule has 0 bridgehead atoms. The standard InChI is InChI=1S/C10H17N3OS/c1-4-11-10(14)8(3)13-7(2)9-5-15-6-12-9/h5-8,13H,4H2,1-3H3,(H,11,14). The molecule has 84 valence electrons. The van der Waals surface area contributed by atoms with Crippen LogP contribution in [0.4, 0.5) is 0 Å². The Kier molecular flexibility index (Phi) is 4.71. The Labute approximate surface area is 94.1 Å². The van der Waals surface area contributed by atoms with Crippen LogP contribution in [0.1, 0.15) is 32.5 Å². The van der Waals surface area contributed by atoms with E-state index in [4.69, 9.17) is 0 Å². The van der Waals surface area contributed by atoms with E-state index in [1.165, 1.54) is 0 Å². The molecule has 2 N–H and O–H groups in total. The molecule has 0 saturated carbocycles. The van der Waals surface area contributed by atoms with Crippen molar-refractivity contribution in [3.8, 4) is 0 Å². The van der Waals surface area contributed by atoms with E-state index < -0.39 is 0 Å². The lowest BCUT2D eigenvalue weighted by Gasteiger charge is -2.17. The topological polar surface area (TPSA) is 54.0 Å². The van der Waals surface area contributed by atoms with Gasteiger partial charge in [-0.1, -0.05) is 0 Å². The van der Waals surface area contributed by atoms with Crippen LogP contribution in [-0.4, -0.2) is 23.5 Å². The first-order valence-corrected chi connectivity index (χ1v) is 6.01. The number of likely N-dealkylation sites (N-methyl/N-ethyl adjacent to an activating group) is 1. The molecule has 0 aromatic carbocycles. The van der Waals surface area contributed by atoms with Crippen molar-refractivity contribution in [2.75, 3.05) is 6.54 Å². The highest BCUT2D eigenvalue weighted by molar-refractivity contribution is 7.07. The summed E-state index contributed by atoms with van der Waals surface area (Å²) in [5.74, 6) is 0.0274. The molecular weight excluding hydrogens is 210 g/mol. The summed E-state index contributed by atoms with van der Waals surface area (Å²) >= 11 is 1.56. The zero-order chi connectivity index (χ0) is 11.3. The van der Waals surface area contributed by atoms with Crippen LogP contribution >= 0.6 is 11.3 Å². The molecule has 15 heavy (non-hydrogen) atoms. The van der Waals surface area contributed by atoms with Crippen molar-refractivity contribution in [3.63, 3.8) is 0 Å². The Morgan fingerprint density at radius 1 is 1.60 bits per heavy atom. The number of hydrogen-bond acceptors (Lipinski definition) is 4. The smallest absolute Gasteiger partial charge is 0.236 e. The Bertz CT molecular complexity index is 300. The highest BCUT2D eigenvalue weighted by Crippen LogP contribution is 2.12. The van der Waals surface area contributed by atoms with Crippen molar-refractivity contribution >= 4 is 17.2 Å². The molecule has 0 spiro atoms. The normalized spacial score (nSPS) is 14.6. The molecule has 0 aliphatic carbocycles. The molecule has 0 aliphatic heterocycles. The van der Waals surface area contributed by atoms with Gasteiger partial charge >= 0.3 is 0 Å². The van der Waals surface area contributed by atoms with E-state index >= 15 is 0 Å². The number of hydrogen-bond donors (Lipinski definition) is 2. The highest BCUT2D eigenvalue weighted by atomic mass is 32.1. The zero-order valence-corrected chi connectivity index (χ0v) is 10.1. The number of thiazole rings is 1. The molecular formula is C10H17N3OS. The number of nitrogens with zero attached hydrogens (tertiary/aromatic N) is 1. The number of amides is 1. The van der Waals surface area contributed by atoms with E-state index in [2.05, 4.69) is 15.6 Å². The highest BCUT2D eigenvalue weighted by Gasteiger charge is 2.16. The minimum atomic E-state index is -0.193. The molecule has 1 amide bonds. The van der Waals surface area contributed by atoms with Crippen LogP contribution in [-0.2, 0) is 4.79 Å². The summed E-state index contributed by atoms with van der Waals surface area (Å²) in [6.07, 6.45) is 0. The number of carbonyl (C=O) groups is 1. The third kappa shape index (κ3) is 3.60. The molecule has 2 unspecified atom stereocenters. The van der Waals surface area contributed by atoms with Crippen molar-refractivity contribution in [2.45, 2.75) is 32.9 Å². The van der Waals surface area contributed by atoms with E-state index in [-0.39, 0.29) is 18.0 Å². The Morgan fingerprint density at radius 3 is 2.87 bits per heavy atom. The van der Waals surface area contributed by atoms with Crippen LogP contribution in [0.2, 0.25) is 0 Å². The Morgan fingerprint density at radius 2 is 2.33 bits per heavy atom. The van der Waals surface area contributed by atoms with Crippen molar-refractivity contribution < 1.29 is 4.79 Å². The van der Waals surface area contributed by atoms with Crippen LogP contribution in [0.3, 0.4) is 0 Å². The van der Waals surface area contributed by atoms with Crippen LogP contribution in [0.15, 0.2) is 10.9 Å². The molecule has 0 saturated heterocycles. The summed E-state index contributed by atoms with van der Waals surface area (Å²) in [7, 11) is 0. The lowest BCUT2D eigenvalue weighted by molar-refractivity contribution is -0.122. The van der Waals surface area contributed by atoms with Crippen LogP contribution < -0.4 is 10.6 Å². The summed E-state index contributed by atoms with van der Waals surface area (Å²) in [6.45, 7) is 6.43. The van der Waals surface area contributed by atoms with Gasteiger partial charge in [-0.05, 0) is 20.8 Å². The van der Waals surface area contributed by atoms with E-state index in [9.17, 15) is 4.79 Å². The first kappa shape index (κ1) is 12.1. The second-order valence-electron chi connectivity index (χ2n) is 3.42. The van der Waals surface area contributed by atoms with Gasteiger partial charge in [-0.15, -0.1) is 11.3 Å². The molecule has 0 aliphatic rings. The second kappa shape index (κ2) is 5.82. The Balaban J connectivity index is 2.44. The quantitative estimate of drug-likeness (QED) is 0.797. The fraction of sp³-hybridized carbons (Fsp3) is 0.600. The molecule has 1 rings (SSSR count). The monoisotopic (exact) mass is 227 g/mol. The number of nitrogens with one attached hydrogen (secondary N) is 2. The van der Waals surface area contributed by atoms with Crippen LogP contribution in [0.5, 0.6) is 0 Å². The van der Waals surface area contributed by atoms with Gasteiger partial charge in [0.15, 0.2) is 0 Å². The van der Waals surface area contributed by atoms with Crippen molar-refractivity contribution in [3.05, 3.63) is 16.6 Å². The fourth-order valence-electron chi connectivity index (χ4n) is 1.30. The van der Waals surface area contributed by atoms with Gasteiger partial charge in [0, 0.05) is 18.0 Å². The average Bonchev–Trinajstić information content (AvgIpc) is 2.70. The second-order valence-corrected chi connectivity index (χ2v) is 4.14. The molecule has 1 aromatic heterocycles. The molecule has 1 aromatic rings. The van der Waals surface area contributed by atoms with Gasteiger partial charge < -0.3 is 5.32 Å². The minimum Gasteiger partial charge on any atom is -0.355 e. The molecule has 1 heterocycles. The van der Waals surface area contributed by atoms with E-state index in [1.807, 2.05) is 26.2 Å². The first-order chi connectivity index (χ1) is 7.15. The van der Waals surface area contributed by atoms with E-state index in [0.29, 0.717) is 6.54 Å². The molecule has 2 atom stereocenters. The van der Waals surface area contributed by atoms with E-state index in [1.54, 1.807) is 16.8 Å². The summed E-state index contributed by atoms with van der Waals surface area (Å²) in [6, 6.07) is -0.0875. The van der Waals surface area contributed by atoms with Gasteiger partial charge in [0.25, 0.3) is 0 Å². The van der Waals surface area contributed by atoms with Gasteiger partial charge in [-0.3, -0.25) is 10.1 Å². The van der Waals surface area contributed by atoms with Gasteiger partial charge in [-0.25, -0.2) is 4.98 Å². The predicted molar refractivity (Wildman–Crippen MR) is 61.8 cm³/mol. The maximum absolute atomic E-state index is 11.5. The number of aromatic nitrogens is 1. The van der Waals surface area contributed by atoms with E-state index in [0.717, 1.165) is 5.69 Å². The van der Waals surface area contributed by atoms with Gasteiger partial charge in [-0.2, -0.15) is 0 Å². The number of carbonyl (C=O) groups excluding carboxylic acids is 1. The molecule has 0 radical (unpaired) electrons. The molecule has 0 fully saturated rings. The Hall–Kier alpha value is -0.940. The third-order valence-corrected chi connectivity index (χ3v) is 2.74. The molecule has 4 nitrogen and oxygen atoms in total. The average molecular weight is 227 g/mol. The minimum absolute atomic E-state index is 0.0274. The summed E-state index contributed by atoms with van der Waals surface area (Å²) in [4.78, 5) is 15.7. The maximum atomic E-state index is 11.5. The van der Waals surface area contributed by atoms with Gasteiger partial charge in [0.1, 0.15) is 0 Å². The first-order valence-electron chi connectivity index (χ1n) is 5.07. The van der Waals surface area contributed by atoms with Crippen molar-refractivity contribution in [2.24, 2.45) is 0 Å². The number of rotatable bonds is 5. The largest absolute Gasteiger partial charge is 0.355 e. The van der Waals surface area contributed by atoms with Gasteiger partial charge in [0.05, 0.1) is 17.2 Å². The summed E-state index contributed by atoms with van der Waals surface area (Å²) in [5.41, 5.74) is 2.78. The predicted octanol–water partition coefficient (Wildman–Crippen LogP) is 1.32. The van der Waals surface area contributed by atoms with Crippen LogP contribution in [0.25, 0.3) is 0 Å². The molecule has 5 heteroatoms. The van der Waals surface area contributed by atoms with Crippen molar-refractivity contribution in [1.82, 2.24) is 15.6 Å². The van der Waals surface area contributed by atoms with Crippen LogP contribution in [0, 0.1) is 0 Å². The van der Waals surface area contributed by atoms with Crippen molar-refractivity contribution in [1.29, 1.82) is 0 Å². The lowest BCUT2D eigenvalue weighted by Crippen LogP contribution is -2.43. The third-order valence-electron chi connectivity index (χ3n) is 2.14. The van der Waals surface area contributed by atoms with Gasteiger partial charge in [0.2, 0.25) is 5.91 Å². The lowest BCUT2D eigenvalue weighted by atomic mass is 10.2. The summed E-state index contributed by atoms with van der Waals surface area (Å²) in [5, 5.41) is 7.96.